The van der Waals surface area contributed by atoms with E-state index in [1.54, 1.807) is 6.33 Å². The lowest BCUT2D eigenvalue weighted by Gasteiger charge is -2.39. The number of aromatic nitrogens is 5. The van der Waals surface area contributed by atoms with Crippen molar-refractivity contribution < 1.29 is 4.74 Å². The van der Waals surface area contributed by atoms with Crippen LogP contribution < -0.4 is 15.5 Å². The molecule has 2 aliphatic rings. The van der Waals surface area contributed by atoms with Crippen LogP contribution in [0.15, 0.2) is 24.8 Å². The molecular weight excluding hydrogens is 392 g/mol. The van der Waals surface area contributed by atoms with Crippen LogP contribution in [0.5, 0.6) is 0 Å². The summed E-state index contributed by atoms with van der Waals surface area (Å²) in [6.45, 7) is 9.32. The maximum Gasteiger partial charge on any atom is 0.225 e. The van der Waals surface area contributed by atoms with Gasteiger partial charge in [0.15, 0.2) is 0 Å². The first-order valence-corrected chi connectivity index (χ1v) is 11.0. The van der Waals surface area contributed by atoms with Gasteiger partial charge in [0, 0.05) is 50.8 Å². The van der Waals surface area contributed by atoms with Crippen molar-refractivity contribution in [2.75, 3.05) is 43.1 Å². The van der Waals surface area contributed by atoms with Crippen LogP contribution in [0.25, 0.3) is 11.0 Å². The smallest absolute Gasteiger partial charge is 0.225 e. The Hall–Kier alpha value is -2.78. The monoisotopic (exact) mass is 422 g/mol. The van der Waals surface area contributed by atoms with Crippen molar-refractivity contribution in [2.24, 2.45) is 0 Å². The fourth-order valence-corrected chi connectivity index (χ4v) is 4.57. The molecule has 3 aromatic rings. The molecule has 0 atom stereocenters. The molecule has 0 radical (unpaired) electrons. The third-order valence-corrected chi connectivity index (χ3v) is 6.15. The van der Waals surface area contributed by atoms with Crippen LogP contribution in [0.3, 0.4) is 0 Å². The standard InChI is InChI=1S/C22H30N8O/c1-22(2)13-30(8-7-28-22)21-23-6-3-16(29-21)11-24-19-18-17(15-4-9-31-10-5-15)12-25-20(18)27-14-26-19/h3,6,12,14-15,28H,4-5,7-11,13H2,1-2H3,(H2,24,25,26,27). The van der Waals surface area contributed by atoms with Gasteiger partial charge in [-0.3, -0.25) is 0 Å². The molecule has 164 valence electrons. The Balaban J connectivity index is 1.35. The number of fused-ring (bicyclic) bond motifs is 1. The average molecular weight is 423 g/mol. The predicted molar refractivity (Wildman–Crippen MR) is 120 cm³/mol. The van der Waals surface area contributed by atoms with Gasteiger partial charge < -0.3 is 25.3 Å². The highest BCUT2D eigenvalue weighted by Gasteiger charge is 2.27. The SMILES string of the molecule is CC1(C)CN(c2nccc(CNc3ncnc4[nH]cc(C5CCOCC5)c34)n2)CCN1. The Kier molecular flexibility index (Phi) is 5.45. The normalized spacial score (nSPS) is 19.6. The minimum Gasteiger partial charge on any atom is -0.381 e. The largest absolute Gasteiger partial charge is 0.381 e. The van der Waals surface area contributed by atoms with Crippen molar-refractivity contribution in [3.05, 3.63) is 36.0 Å². The number of rotatable bonds is 5. The maximum absolute atomic E-state index is 5.54. The number of H-pyrrole nitrogens is 1. The number of nitrogens with zero attached hydrogens (tertiary/aromatic N) is 5. The van der Waals surface area contributed by atoms with Crippen molar-refractivity contribution in [2.45, 2.75) is 44.7 Å². The third-order valence-electron chi connectivity index (χ3n) is 6.15. The molecule has 2 aliphatic heterocycles. The van der Waals surface area contributed by atoms with E-state index in [9.17, 15) is 0 Å². The molecule has 31 heavy (non-hydrogen) atoms. The zero-order valence-electron chi connectivity index (χ0n) is 18.2. The number of aromatic amines is 1. The van der Waals surface area contributed by atoms with Crippen molar-refractivity contribution in [1.82, 2.24) is 30.2 Å². The first-order chi connectivity index (χ1) is 15.1. The van der Waals surface area contributed by atoms with Crippen LogP contribution in [-0.2, 0) is 11.3 Å². The minimum atomic E-state index is 0.0528. The molecule has 0 spiro atoms. The van der Waals surface area contributed by atoms with E-state index in [4.69, 9.17) is 9.72 Å². The molecule has 2 fully saturated rings. The Morgan fingerprint density at radius 3 is 2.94 bits per heavy atom. The van der Waals surface area contributed by atoms with Gasteiger partial charge in [0.25, 0.3) is 0 Å². The van der Waals surface area contributed by atoms with Gasteiger partial charge in [-0.05, 0) is 44.2 Å². The zero-order chi connectivity index (χ0) is 21.3. The summed E-state index contributed by atoms with van der Waals surface area (Å²) in [6.07, 6.45) is 7.57. The number of hydrogen-bond acceptors (Lipinski definition) is 8. The van der Waals surface area contributed by atoms with Crippen LogP contribution in [0.4, 0.5) is 11.8 Å². The highest BCUT2D eigenvalue weighted by molar-refractivity contribution is 5.90. The fraction of sp³-hybridized carbons (Fsp3) is 0.545. The summed E-state index contributed by atoms with van der Waals surface area (Å²) in [5.74, 6) is 2.10. The molecule has 2 saturated heterocycles. The van der Waals surface area contributed by atoms with Gasteiger partial charge in [0.05, 0.1) is 17.6 Å². The molecule has 0 unspecified atom stereocenters. The third kappa shape index (κ3) is 4.33. The van der Waals surface area contributed by atoms with Gasteiger partial charge >= 0.3 is 0 Å². The summed E-state index contributed by atoms with van der Waals surface area (Å²) < 4.78 is 5.54. The molecule has 5 rings (SSSR count). The number of ether oxygens (including phenoxy) is 1. The van der Waals surface area contributed by atoms with E-state index in [0.717, 1.165) is 74.2 Å². The van der Waals surface area contributed by atoms with Gasteiger partial charge in [0.2, 0.25) is 5.95 Å². The van der Waals surface area contributed by atoms with Crippen molar-refractivity contribution in [3.8, 4) is 0 Å². The first-order valence-electron chi connectivity index (χ1n) is 11.0. The van der Waals surface area contributed by atoms with Crippen LogP contribution in [0, 0.1) is 0 Å². The second kappa shape index (κ2) is 8.39. The molecule has 0 aliphatic carbocycles. The number of nitrogens with one attached hydrogen (secondary N) is 3. The fourth-order valence-electron chi connectivity index (χ4n) is 4.57. The van der Waals surface area contributed by atoms with Crippen LogP contribution >= 0.6 is 0 Å². The molecule has 0 amide bonds. The van der Waals surface area contributed by atoms with Gasteiger partial charge in [-0.25, -0.2) is 19.9 Å². The summed E-state index contributed by atoms with van der Waals surface area (Å²) in [6, 6.07) is 1.96. The van der Waals surface area contributed by atoms with Crippen molar-refractivity contribution in [3.63, 3.8) is 0 Å². The van der Waals surface area contributed by atoms with Crippen molar-refractivity contribution >= 4 is 22.8 Å². The minimum absolute atomic E-state index is 0.0528. The Morgan fingerprint density at radius 2 is 2.10 bits per heavy atom. The lowest BCUT2D eigenvalue weighted by molar-refractivity contribution is 0.0856. The Bertz CT molecular complexity index is 1040. The number of piperazine rings is 1. The average Bonchev–Trinajstić information content (AvgIpc) is 3.23. The Labute approximate surface area is 182 Å². The number of hydrogen-bond donors (Lipinski definition) is 3. The molecule has 0 saturated carbocycles. The second-order valence-electron chi connectivity index (χ2n) is 9.01. The zero-order valence-corrected chi connectivity index (χ0v) is 18.2. The summed E-state index contributed by atoms with van der Waals surface area (Å²) in [7, 11) is 0. The molecule has 3 N–H and O–H groups in total. The topological polar surface area (TPSA) is 104 Å². The Morgan fingerprint density at radius 1 is 1.23 bits per heavy atom. The van der Waals surface area contributed by atoms with Crippen LogP contribution in [-0.4, -0.2) is 63.3 Å². The molecule has 5 heterocycles. The first kappa shape index (κ1) is 20.1. The van der Waals surface area contributed by atoms with E-state index in [0.29, 0.717) is 12.5 Å². The van der Waals surface area contributed by atoms with Crippen LogP contribution in [0.2, 0.25) is 0 Å². The molecule has 0 bridgehead atoms. The van der Waals surface area contributed by atoms with Crippen LogP contribution in [0.1, 0.15) is 43.9 Å². The van der Waals surface area contributed by atoms with Gasteiger partial charge in [-0.2, -0.15) is 0 Å². The van der Waals surface area contributed by atoms with Gasteiger partial charge in [-0.15, -0.1) is 0 Å². The van der Waals surface area contributed by atoms with Gasteiger partial charge in [0.1, 0.15) is 17.8 Å². The molecule has 9 heteroatoms. The van der Waals surface area contributed by atoms with E-state index in [1.165, 1.54) is 5.56 Å². The number of anilines is 2. The quantitative estimate of drug-likeness (QED) is 0.576. The second-order valence-corrected chi connectivity index (χ2v) is 9.01. The molecular formula is C22H30N8O. The summed E-state index contributed by atoms with van der Waals surface area (Å²) in [5.41, 5.74) is 3.13. The summed E-state index contributed by atoms with van der Waals surface area (Å²) in [5, 5.41) is 8.10. The summed E-state index contributed by atoms with van der Waals surface area (Å²) >= 11 is 0. The molecule has 0 aromatic carbocycles. The van der Waals surface area contributed by atoms with E-state index in [2.05, 4.69) is 55.5 Å². The lowest BCUT2D eigenvalue weighted by atomic mass is 9.92. The predicted octanol–water partition coefficient (Wildman–Crippen LogP) is 2.44. The molecule has 9 nitrogen and oxygen atoms in total. The van der Waals surface area contributed by atoms with E-state index in [1.807, 2.05) is 12.3 Å². The highest BCUT2D eigenvalue weighted by atomic mass is 16.5. The molecule has 3 aromatic heterocycles. The lowest BCUT2D eigenvalue weighted by Crippen LogP contribution is -2.57. The van der Waals surface area contributed by atoms with E-state index >= 15 is 0 Å². The van der Waals surface area contributed by atoms with Crippen molar-refractivity contribution in [1.29, 1.82) is 0 Å². The van der Waals surface area contributed by atoms with E-state index < -0.39 is 0 Å². The van der Waals surface area contributed by atoms with Gasteiger partial charge in [-0.1, -0.05) is 0 Å². The summed E-state index contributed by atoms with van der Waals surface area (Å²) in [4.78, 5) is 23.9. The van der Waals surface area contributed by atoms with E-state index in [-0.39, 0.29) is 5.54 Å². The highest BCUT2D eigenvalue weighted by Crippen LogP contribution is 2.34. The maximum atomic E-state index is 5.54.